The molecule has 4 rings (SSSR count). The summed E-state index contributed by atoms with van der Waals surface area (Å²) in [5.74, 6) is -0.296. The molecule has 0 saturated carbocycles. The number of ether oxygens (including phenoxy) is 1. The van der Waals surface area contributed by atoms with Gasteiger partial charge in [-0.1, -0.05) is 18.2 Å². The van der Waals surface area contributed by atoms with Gasteiger partial charge in [-0.15, -0.1) is 0 Å². The average Bonchev–Trinajstić information content (AvgIpc) is 2.72. The SMILES string of the molecule is CC(C)(C)OC(=O)Cc1cc2nc(-c3cccc(-c4ccncc4)c3)ccc2cn1. The lowest BCUT2D eigenvalue weighted by atomic mass is 10.0. The first-order valence-corrected chi connectivity index (χ1v) is 9.86. The summed E-state index contributed by atoms with van der Waals surface area (Å²) in [7, 11) is 0. The highest BCUT2D eigenvalue weighted by Gasteiger charge is 2.17. The van der Waals surface area contributed by atoms with E-state index in [9.17, 15) is 4.79 Å². The zero-order chi connectivity index (χ0) is 21.1. The van der Waals surface area contributed by atoms with Gasteiger partial charge in [0.05, 0.1) is 23.3 Å². The predicted molar refractivity (Wildman–Crippen MR) is 118 cm³/mol. The maximum atomic E-state index is 12.1. The van der Waals surface area contributed by atoms with E-state index in [0.717, 1.165) is 33.3 Å². The molecule has 0 aliphatic carbocycles. The van der Waals surface area contributed by atoms with Crippen molar-refractivity contribution in [1.82, 2.24) is 15.0 Å². The third-order valence-electron chi connectivity index (χ3n) is 4.55. The van der Waals surface area contributed by atoms with Crippen LogP contribution in [0.5, 0.6) is 0 Å². The van der Waals surface area contributed by atoms with Crippen LogP contribution in [0.25, 0.3) is 33.3 Å². The second-order valence-corrected chi connectivity index (χ2v) is 8.14. The monoisotopic (exact) mass is 397 g/mol. The number of carbonyl (C=O) groups is 1. The maximum absolute atomic E-state index is 12.1. The van der Waals surface area contributed by atoms with Gasteiger partial charge in [0.2, 0.25) is 0 Å². The van der Waals surface area contributed by atoms with Gasteiger partial charge in [0, 0.05) is 29.5 Å². The molecule has 0 aliphatic rings. The quantitative estimate of drug-likeness (QED) is 0.441. The molecule has 0 spiro atoms. The maximum Gasteiger partial charge on any atom is 0.312 e. The summed E-state index contributed by atoms with van der Waals surface area (Å²) in [6.45, 7) is 5.56. The van der Waals surface area contributed by atoms with E-state index in [-0.39, 0.29) is 12.4 Å². The van der Waals surface area contributed by atoms with E-state index < -0.39 is 5.60 Å². The van der Waals surface area contributed by atoms with Crippen molar-refractivity contribution in [1.29, 1.82) is 0 Å². The smallest absolute Gasteiger partial charge is 0.312 e. The predicted octanol–water partition coefficient (Wildman–Crippen LogP) is 5.24. The summed E-state index contributed by atoms with van der Waals surface area (Å²) in [6, 6.07) is 18.1. The minimum Gasteiger partial charge on any atom is -0.460 e. The topological polar surface area (TPSA) is 65.0 Å². The van der Waals surface area contributed by atoms with Crippen molar-refractivity contribution >= 4 is 16.9 Å². The van der Waals surface area contributed by atoms with Crippen LogP contribution in [-0.4, -0.2) is 26.5 Å². The van der Waals surface area contributed by atoms with Gasteiger partial charge in [0.1, 0.15) is 5.60 Å². The zero-order valence-corrected chi connectivity index (χ0v) is 17.3. The number of carbonyl (C=O) groups excluding carboxylic acids is 1. The van der Waals surface area contributed by atoms with Crippen LogP contribution in [0.4, 0.5) is 0 Å². The zero-order valence-electron chi connectivity index (χ0n) is 17.3. The summed E-state index contributed by atoms with van der Waals surface area (Å²) >= 11 is 0. The molecule has 5 nitrogen and oxygen atoms in total. The summed E-state index contributed by atoms with van der Waals surface area (Å²) in [5, 5.41) is 0.928. The molecule has 0 atom stereocenters. The molecule has 3 heterocycles. The van der Waals surface area contributed by atoms with Crippen molar-refractivity contribution in [3.05, 3.63) is 78.9 Å². The molecule has 30 heavy (non-hydrogen) atoms. The van der Waals surface area contributed by atoms with Crippen molar-refractivity contribution in [2.45, 2.75) is 32.8 Å². The van der Waals surface area contributed by atoms with E-state index >= 15 is 0 Å². The second kappa shape index (κ2) is 8.03. The van der Waals surface area contributed by atoms with Crippen LogP contribution in [-0.2, 0) is 16.0 Å². The molecule has 0 bridgehead atoms. The van der Waals surface area contributed by atoms with E-state index in [2.05, 4.69) is 22.1 Å². The fourth-order valence-electron chi connectivity index (χ4n) is 3.24. The number of rotatable bonds is 4. The van der Waals surface area contributed by atoms with Gasteiger partial charge in [0.15, 0.2) is 0 Å². The lowest BCUT2D eigenvalue weighted by Crippen LogP contribution is -2.25. The number of hydrogen-bond donors (Lipinski definition) is 0. The van der Waals surface area contributed by atoms with E-state index in [1.807, 2.05) is 63.2 Å². The fraction of sp³-hybridized carbons (Fsp3) is 0.200. The number of nitrogens with zero attached hydrogens (tertiary/aromatic N) is 3. The Morgan fingerprint density at radius 3 is 2.47 bits per heavy atom. The summed E-state index contributed by atoms with van der Waals surface area (Å²) in [6.07, 6.45) is 5.45. The first-order chi connectivity index (χ1) is 14.4. The van der Waals surface area contributed by atoms with Crippen LogP contribution in [0, 0.1) is 0 Å². The van der Waals surface area contributed by atoms with E-state index in [4.69, 9.17) is 9.72 Å². The third-order valence-corrected chi connectivity index (χ3v) is 4.55. The van der Waals surface area contributed by atoms with Crippen molar-refractivity contribution in [2.24, 2.45) is 0 Å². The molecule has 0 saturated heterocycles. The van der Waals surface area contributed by atoms with E-state index in [1.54, 1.807) is 18.6 Å². The summed E-state index contributed by atoms with van der Waals surface area (Å²) in [4.78, 5) is 25.4. The highest BCUT2D eigenvalue weighted by Crippen LogP contribution is 2.26. The molecule has 0 unspecified atom stereocenters. The van der Waals surface area contributed by atoms with Gasteiger partial charge in [0.25, 0.3) is 0 Å². The standard InChI is InChI=1S/C25H23N3O2/c1-25(2,3)30-24(29)15-21-14-23-20(16-27-21)7-8-22(28-23)19-6-4-5-18(13-19)17-9-11-26-12-10-17/h4-14,16H,15H2,1-3H3. The molecule has 150 valence electrons. The van der Waals surface area contributed by atoms with Gasteiger partial charge in [-0.2, -0.15) is 0 Å². The Bertz CT molecular complexity index is 1200. The lowest BCUT2D eigenvalue weighted by molar-refractivity contribution is -0.153. The second-order valence-electron chi connectivity index (χ2n) is 8.14. The first-order valence-electron chi connectivity index (χ1n) is 9.86. The highest BCUT2D eigenvalue weighted by molar-refractivity contribution is 5.83. The van der Waals surface area contributed by atoms with Gasteiger partial charge in [-0.05, 0) is 68.3 Å². The minimum atomic E-state index is -0.515. The molecule has 0 fully saturated rings. The summed E-state index contributed by atoms with van der Waals surface area (Å²) in [5.41, 5.74) is 5.04. The van der Waals surface area contributed by atoms with Gasteiger partial charge in [-0.3, -0.25) is 14.8 Å². The Morgan fingerprint density at radius 1 is 0.933 bits per heavy atom. The Labute approximate surface area is 175 Å². The van der Waals surface area contributed by atoms with Crippen molar-refractivity contribution in [3.63, 3.8) is 0 Å². The normalized spacial score (nSPS) is 11.4. The number of benzene rings is 1. The average molecular weight is 397 g/mol. The number of fused-ring (bicyclic) bond motifs is 1. The van der Waals surface area contributed by atoms with E-state index in [1.165, 1.54) is 0 Å². The Hall–Kier alpha value is -3.60. The number of aromatic nitrogens is 3. The molecule has 4 aromatic rings. The Kier molecular flexibility index (Phi) is 5.27. The number of pyridine rings is 3. The number of esters is 1. The van der Waals surface area contributed by atoms with Crippen LogP contribution < -0.4 is 0 Å². The van der Waals surface area contributed by atoms with Gasteiger partial charge < -0.3 is 4.74 Å². The Balaban J connectivity index is 1.64. The Morgan fingerprint density at radius 2 is 1.70 bits per heavy atom. The van der Waals surface area contributed by atoms with Crippen molar-refractivity contribution in [2.75, 3.05) is 0 Å². The molecular weight excluding hydrogens is 374 g/mol. The highest BCUT2D eigenvalue weighted by atomic mass is 16.6. The third kappa shape index (κ3) is 4.69. The fourth-order valence-corrected chi connectivity index (χ4v) is 3.24. The molecule has 0 N–H and O–H groups in total. The van der Waals surface area contributed by atoms with Crippen LogP contribution in [0.2, 0.25) is 0 Å². The molecule has 1 aromatic carbocycles. The first kappa shape index (κ1) is 19.7. The van der Waals surface area contributed by atoms with Crippen LogP contribution in [0.15, 0.2) is 73.2 Å². The largest absolute Gasteiger partial charge is 0.460 e. The molecule has 3 aromatic heterocycles. The lowest BCUT2D eigenvalue weighted by Gasteiger charge is -2.19. The van der Waals surface area contributed by atoms with Crippen LogP contribution >= 0.6 is 0 Å². The van der Waals surface area contributed by atoms with Crippen molar-refractivity contribution in [3.8, 4) is 22.4 Å². The molecule has 0 amide bonds. The minimum absolute atomic E-state index is 0.122. The summed E-state index contributed by atoms with van der Waals surface area (Å²) < 4.78 is 5.40. The van der Waals surface area contributed by atoms with Gasteiger partial charge in [-0.25, -0.2) is 4.98 Å². The molecule has 5 heteroatoms. The molecular formula is C25H23N3O2. The van der Waals surface area contributed by atoms with Crippen LogP contribution in [0.1, 0.15) is 26.5 Å². The number of hydrogen-bond acceptors (Lipinski definition) is 5. The van der Waals surface area contributed by atoms with Crippen LogP contribution in [0.3, 0.4) is 0 Å². The van der Waals surface area contributed by atoms with Crippen molar-refractivity contribution < 1.29 is 9.53 Å². The molecule has 0 radical (unpaired) electrons. The van der Waals surface area contributed by atoms with E-state index in [0.29, 0.717) is 5.69 Å². The van der Waals surface area contributed by atoms with Gasteiger partial charge >= 0.3 is 5.97 Å². The molecule has 0 aliphatic heterocycles.